The van der Waals surface area contributed by atoms with Crippen LogP contribution >= 0.6 is 38.6 Å². The molecule has 0 bridgehead atoms. The van der Waals surface area contributed by atoms with E-state index in [2.05, 4.69) is 41.7 Å². The van der Waals surface area contributed by atoms with Crippen molar-refractivity contribution in [2.24, 2.45) is 0 Å². The van der Waals surface area contributed by atoms with Crippen LogP contribution in [-0.4, -0.2) is 27.0 Å². The van der Waals surface area contributed by atoms with E-state index in [0.717, 1.165) is 20.8 Å². The number of aryl methyl sites for hydroxylation is 2. The fraction of sp³-hybridized carbons (Fsp3) is 0.133. The molecule has 128 valence electrons. The third-order valence-electron chi connectivity index (χ3n) is 3.08. The topological polar surface area (TPSA) is 96.9 Å². The molecule has 7 nitrogen and oxygen atoms in total. The molecule has 0 radical (unpaired) electrons. The van der Waals surface area contributed by atoms with Gasteiger partial charge in [0.2, 0.25) is 5.13 Å². The van der Waals surface area contributed by atoms with E-state index in [1.54, 1.807) is 38.1 Å². The Balaban J connectivity index is 1.72. The Morgan fingerprint density at radius 2 is 1.64 bits per heavy atom. The molecule has 3 aromatic rings. The predicted octanol–water partition coefficient (Wildman–Crippen LogP) is 3.88. The minimum Gasteiger partial charge on any atom is -0.298 e. The van der Waals surface area contributed by atoms with E-state index in [9.17, 15) is 9.59 Å². The average Bonchev–Trinajstić information content (AvgIpc) is 3.13. The lowest BCUT2D eigenvalue weighted by Crippen LogP contribution is -2.11. The van der Waals surface area contributed by atoms with Crippen LogP contribution in [0.5, 0.6) is 0 Å². The second-order valence-electron chi connectivity index (χ2n) is 4.97. The monoisotopic (exact) mass is 437 g/mol. The number of amides is 2. The minimum atomic E-state index is -0.324. The van der Waals surface area contributed by atoms with Gasteiger partial charge >= 0.3 is 0 Å². The van der Waals surface area contributed by atoms with Crippen molar-refractivity contribution in [3.63, 3.8) is 0 Å². The lowest BCUT2D eigenvalue weighted by molar-refractivity contribution is 0.102. The van der Waals surface area contributed by atoms with Crippen LogP contribution in [0.15, 0.2) is 28.7 Å². The summed E-state index contributed by atoms with van der Waals surface area (Å²) in [6, 6.07) is 6.96. The van der Waals surface area contributed by atoms with Crippen LogP contribution in [-0.2, 0) is 0 Å². The third kappa shape index (κ3) is 4.27. The third-order valence-corrected chi connectivity index (χ3v) is 5.43. The molecule has 2 heterocycles. The second kappa shape index (κ2) is 7.38. The summed E-state index contributed by atoms with van der Waals surface area (Å²) >= 11 is 5.72. The van der Waals surface area contributed by atoms with Crippen molar-refractivity contribution in [1.29, 1.82) is 0 Å². The number of halogens is 1. The van der Waals surface area contributed by atoms with Gasteiger partial charge in [0.1, 0.15) is 9.88 Å². The van der Waals surface area contributed by atoms with E-state index in [-0.39, 0.29) is 11.8 Å². The summed E-state index contributed by atoms with van der Waals surface area (Å²) in [4.78, 5) is 29.2. The number of rotatable bonds is 4. The summed E-state index contributed by atoms with van der Waals surface area (Å²) in [5.41, 5.74) is 1.04. The van der Waals surface area contributed by atoms with Crippen molar-refractivity contribution in [3.8, 4) is 0 Å². The normalized spacial score (nSPS) is 10.5. The number of benzene rings is 1. The first-order valence-electron chi connectivity index (χ1n) is 7.08. The van der Waals surface area contributed by atoms with Gasteiger partial charge in [0.15, 0.2) is 5.13 Å². The molecule has 0 spiro atoms. The van der Waals surface area contributed by atoms with Gasteiger partial charge in [-0.2, -0.15) is 0 Å². The highest BCUT2D eigenvalue weighted by atomic mass is 79.9. The number of nitrogens with one attached hydrogen (secondary N) is 2. The molecule has 2 N–H and O–H groups in total. The number of aromatic nitrogens is 3. The molecule has 0 unspecified atom stereocenters. The average molecular weight is 438 g/mol. The van der Waals surface area contributed by atoms with Gasteiger partial charge in [0.25, 0.3) is 11.8 Å². The maximum absolute atomic E-state index is 12.3. The van der Waals surface area contributed by atoms with Crippen molar-refractivity contribution in [2.75, 3.05) is 10.6 Å². The van der Waals surface area contributed by atoms with Gasteiger partial charge in [0, 0.05) is 10.0 Å². The Morgan fingerprint density at radius 3 is 2.28 bits per heavy atom. The van der Waals surface area contributed by atoms with Crippen LogP contribution < -0.4 is 10.6 Å². The number of hydrogen-bond donors (Lipinski definition) is 2. The molecular weight excluding hydrogens is 426 g/mol. The highest BCUT2D eigenvalue weighted by Crippen LogP contribution is 2.25. The molecule has 25 heavy (non-hydrogen) atoms. The van der Waals surface area contributed by atoms with Crippen LogP contribution in [0.2, 0.25) is 0 Å². The Labute approximate surface area is 159 Å². The summed E-state index contributed by atoms with van der Waals surface area (Å²) in [6.07, 6.45) is 0. The SMILES string of the molecule is Cc1nnc(NC(=O)c2sc(NC(=O)c3ccc(Br)cc3)nc2C)s1. The number of carbonyl (C=O) groups is 2. The highest BCUT2D eigenvalue weighted by molar-refractivity contribution is 9.10. The van der Waals surface area contributed by atoms with E-state index in [1.807, 2.05) is 0 Å². The maximum Gasteiger partial charge on any atom is 0.269 e. The summed E-state index contributed by atoms with van der Waals surface area (Å²) in [5.74, 6) is -0.608. The molecular formula is C15H12BrN5O2S2. The van der Waals surface area contributed by atoms with Crippen molar-refractivity contribution < 1.29 is 9.59 Å². The van der Waals surface area contributed by atoms with Gasteiger partial charge in [-0.1, -0.05) is 38.6 Å². The van der Waals surface area contributed by atoms with Crippen LogP contribution in [0.3, 0.4) is 0 Å². The zero-order chi connectivity index (χ0) is 18.0. The van der Waals surface area contributed by atoms with Crippen LogP contribution in [0.4, 0.5) is 10.3 Å². The van der Waals surface area contributed by atoms with E-state index in [4.69, 9.17) is 0 Å². The van der Waals surface area contributed by atoms with Gasteiger partial charge in [-0.25, -0.2) is 4.98 Å². The van der Waals surface area contributed by atoms with Crippen LogP contribution in [0.25, 0.3) is 0 Å². The molecule has 2 amide bonds. The smallest absolute Gasteiger partial charge is 0.269 e. The number of hydrogen-bond acceptors (Lipinski definition) is 7. The number of thiazole rings is 1. The van der Waals surface area contributed by atoms with Gasteiger partial charge in [0.05, 0.1) is 5.69 Å². The Morgan fingerprint density at radius 1 is 0.960 bits per heavy atom. The number of nitrogens with zero attached hydrogens (tertiary/aromatic N) is 3. The molecule has 1 aromatic carbocycles. The standard InChI is InChI=1S/C15H12BrN5O2S2/c1-7-11(13(23)19-15-21-20-8(2)24-15)25-14(17-7)18-12(22)9-3-5-10(16)6-4-9/h3-6H,1-2H3,(H,17,18,22)(H,19,21,23). The predicted molar refractivity (Wildman–Crippen MR) is 102 cm³/mol. The summed E-state index contributed by atoms with van der Waals surface area (Å²) in [6.45, 7) is 3.52. The Hall–Kier alpha value is -2.17. The molecule has 0 aliphatic heterocycles. The first kappa shape index (κ1) is 17.6. The molecule has 2 aromatic heterocycles. The Kier molecular flexibility index (Phi) is 5.21. The van der Waals surface area contributed by atoms with Crippen molar-refractivity contribution >= 4 is 60.7 Å². The summed E-state index contributed by atoms with van der Waals surface area (Å²) < 4.78 is 0.889. The van der Waals surface area contributed by atoms with Crippen LogP contribution in [0, 0.1) is 13.8 Å². The van der Waals surface area contributed by atoms with Gasteiger partial charge in [-0.3, -0.25) is 20.2 Å². The van der Waals surface area contributed by atoms with Gasteiger partial charge in [-0.15, -0.1) is 10.2 Å². The molecule has 10 heteroatoms. The van der Waals surface area contributed by atoms with Crippen molar-refractivity contribution in [2.45, 2.75) is 13.8 Å². The van der Waals surface area contributed by atoms with E-state index >= 15 is 0 Å². The largest absolute Gasteiger partial charge is 0.298 e. The molecule has 0 fully saturated rings. The van der Waals surface area contributed by atoms with Crippen molar-refractivity contribution in [1.82, 2.24) is 15.2 Å². The van der Waals surface area contributed by atoms with E-state index in [0.29, 0.717) is 26.4 Å². The lowest BCUT2D eigenvalue weighted by Gasteiger charge is -2.01. The fourth-order valence-corrected chi connectivity index (χ4v) is 3.64. The second-order valence-corrected chi connectivity index (χ2v) is 8.07. The van der Waals surface area contributed by atoms with E-state index < -0.39 is 0 Å². The van der Waals surface area contributed by atoms with E-state index in [1.165, 1.54) is 11.3 Å². The first-order chi connectivity index (χ1) is 11.9. The van der Waals surface area contributed by atoms with Gasteiger partial charge in [-0.05, 0) is 38.1 Å². The number of anilines is 2. The molecule has 0 aliphatic rings. The fourth-order valence-electron chi connectivity index (χ4n) is 1.93. The maximum atomic E-state index is 12.3. The quantitative estimate of drug-likeness (QED) is 0.645. The summed E-state index contributed by atoms with van der Waals surface area (Å²) in [5, 5.41) is 14.7. The molecule has 3 rings (SSSR count). The van der Waals surface area contributed by atoms with Gasteiger partial charge < -0.3 is 0 Å². The lowest BCUT2D eigenvalue weighted by atomic mass is 10.2. The summed E-state index contributed by atoms with van der Waals surface area (Å²) in [7, 11) is 0. The molecule has 0 saturated carbocycles. The molecule has 0 atom stereocenters. The van der Waals surface area contributed by atoms with Crippen LogP contribution in [0.1, 0.15) is 30.7 Å². The first-order valence-corrected chi connectivity index (χ1v) is 9.51. The minimum absolute atomic E-state index is 0.284. The number of carbonyl (C=O) groups excluding carboxylic acids is 2. The highest BCUT2D eigenvalue weighted by Gasteiger charge is 2.18. The molecule has 0 aliphatic carbocycles. The Bertz CT molecular complexity index is 936. The van der Waals surface area contributed by atoms with Crippen molar-refractivity contribution in [3.05, 3.63) is 49.9 Å². The zero-order valence-electron chi connectivity index (χ0n) is 13.2. The molecule has 0 saturated heterocycles. The zero-order valence-corrected chi connectivity index (χ0v) is 16.4.